The highest BCUT2D eigenvalue weighted by Gasteiger charge is 2.27. The van der Waals surface area contributed by atoms with Gasteiger partial charge in [-0.25, -0.2) is 0 Å². The third-order valence-electron chi connectivity index (χ3n) is 4.49. The quantitative estimate of drug-likeness (QED) is 0.913. The number of ether oxygens (including phenoxy) is 1. The van der Waals surface area contributed by atoms with Gasteiger partial charge in [0.2, 0.25) is 5.91 Å². The summed E-state index contributed by atoms with van der Waals surface area (Å²) in [6.45, 7) is 7.64. The van der Waals surface area contributed by atoms with Gasteiger partial charge in [0.15, 0.2) is 0 Å². The Bertz CT molecular complexity index is 504. The molecule has 1 aromatic rings. The largest absolute Gasteiger partial charge is 0.381 e. The summed E-state index contributed by atoms with van der Waals surface area (Å²) in [6.07, 6.45) is 2.30. The third kappa shape index (κ3) is 3.44. The van der Waals surface area contributed by atoms with E-state index in [-0.39, 0.29) is 11.9 Å². The van der Waals surface area contributed by atoms with Crippen molar-refractivity contribution in [2.24, 2.45) is 7.05 Å². The van der Waals surface area contributed by atoms with Crippen molar-refractivity contribution in [2.75, 3.05) is 25.5 Å². The van der Waals surface area contributed by atoms with Crippen LogP contribution in [0.15, 0.2) is 0 Å². The highest BCUT2D eigenvalue weighted by atomic mass is 16.5. The minimum atomic E-state index is -0.137. The normalized spacial score (nSPS) is 18.7. The van der Waals surface area contributed by atoms with Gasteiger partial charge in [0.25, 0.3) is 0 Å². The van der Waals surface area contributed by atoms with Gasteiger partial charge in [-0.2, -0.15) is 5.10 Å². The maximum atomic E-state index is 12.5. The second kappa shape index (κ2) is 6.58. The zero-order valence-electron chi connectivity index (χ0n) is 13.6. The number of likely N-dealkylation sites (tertiary alicyclic amines) is 1. The Morgan fingerprint density at radius 2 is 2.00 bits per heavy atom. The van der Waals surface area contributed by atoms with Crippen molar-refractivity contribution in [3.05, 3.63) is 11.4 Å². The van der Waals surface area contributed by atoms with Crippen LogP contribution in [0.5, 0.6) is 0 Å². The van der Waals surface area contributed by atoms with Crippen LogP contribution in [0.4, 0.5) is 5.69 Å². The average molecular weight is 294 g/mol. The second-order valence-electron chi connectivity index (χ2n) is 5.81. The molecule has 6 heteroatoms. The molecule has 1 fully saturated rings. The van der Waals surface area contributed by atoms with Crippen molar-refractivity contribution in [1.82, 2.24) is 14.7 Å². The number of anilines is 1. The van der Waals surface area contributed by atoms with Crippen molar-refractivity contribution in [1.29, 1.82) is 0 Å². The number of nitrogens with zero attached hydrogens (tertiary/aromatic N) is 3. The summed E-state index contributed by atoms with van der Waals surface area (Å²) >= 11 is 0. The molecule has 1 aromatic heterocycles. The minimum absolute atomic E-state index is 0.0325. The number of aryl methyl sites for hydroxylation is 2. The molecule has 0 spiro atoms. The molecule has 2 heterocycles. The van der Waals surface area contributed by atoms with Crippen LogP contribution in [0.3, 0.4) is 0 Å². The number of hydrogen-bond donors (Lipinski definition) is 1. The molecule has 1 atom stereocenters. The summed E-state index contributed by atoms with van der Waals surface area (Å²) in [5.41, 5.74) is 2.67. The summed E-state index contributed by atoms with van der Waals surface area (Å²) in [4.78, 5) is 14.7. The Morgan fingerprint density at radius 1 is 1.38 bits per heavy atom. The highest BCUT2D eigenvalue weighted by molar-refractivity contribution is 5.95. The monoisotopic (exact) mass is 294 g/mol. The van der Waals surface area contributed by atoms with Gasteiger partial charge in [-0.15, -0.1) is 0 Å². The summed E-state index contributed by atoms with van der Waals surface area (Å²) in [5.74, 6) is 0.0325. The maximum absolute atomic E-state index is 12.5. The molecule has 1 amide bonds. The zero-order chi connectivity index (χ0) is 15.6. The lowest BCUT2D eigenvalue weighted by Gasteiger charge is -2.34. The summed E-state index contributed by atoms with van der Waals surface area (Å²) < 4.78 is 7.16. The van der Waals surface area contributed by atoms with Crippen molar-refractivity contribution in [3.8, 4) is 0 Å². The molecule has 118 valence electrons. The summed E-state index contributed by atoms with van der Waals surface area (Å²) in [5, 5.41) is 7.35. The number of rotatable bonds is 4. The number of nitrogens with one attached hydrogen (secondary N) is 1. The smallest absolute Gasteiger partial charge is 0.241 e. The standard InChI is InChI=1S/C15H26N4O2/c1-10-14(11(2)18(4)17-10)16-15(20)12(3)19-8-6-13(21-5)7-9-19/h12-13H,6-9H2,1-5H3,(H,16,20). The highest BCUT2D eigenvalue weighted by Crippen LogP contribution is 2.20. The molecule has 0 saturated carbocycles. The van der Waals surface area contributed by atoms with E-state index in [2.05, 4.69) is 15.3 Å². The molecule has 0 bridgehead atoms. The maximum Gasteiger partial charge on any atom is 0.241 e. The zero-order valence-corrected chi connectivity index (χ0v) is 13.6. The van der Waals surface area contributed by atoms with Crippen molar-refractivity contribution in [2.45, 2.75) is 45.8 Å². The van der Waals surface area contributed by atoms with E-state index in [0.29, 0.717) is 6.10 Å². The van der Waals surface area contributed by atoms with Crippen LogP contribution in [-0.2, 0) is 16.6 Å². The molecule has 0 radical (unpaired) electrons. The number of aromatic nitrogens is 2. The van der Waals surface area contributed by atoms with E-state index in [0.717, 1.165) is 43.0 Å². The Balaban J connectivity index is 1.97. The van der Waals surface area contributed by atoms with E-state index >= 15 is 0 Å². The van der Waals surface area contributed by atoms with Crippen LogP contribution in [0, 0.1) is 13.8 Å². The molecule has 0 aliphatic carbocycles. The van der Waals surface area contributed by atoms with Gasteiger partial charge in [0.05, 0.1) is 29.2 Å². The first-order chi connectivity index (χ1) is 9.93. The van der Waals surface area contributed by atoms with Crippen molar-refractivity contribution in [3.63, 3.8) is 0 Å². The van der Waals surface area contributed by atoms with E-state index < -0.39 is 0 Å². The van der Waals surface area contributed by atoms with Gasteiger partial charge in [0.1, 0.15) is 0 Å². The topological polar surface area (TPSA) is 59.4 Å². The number of carbonyl (C=O) groups excluding carboxylic acids is 1. The van der Waals surface area contributed by atoms with E-state index in [1.165, 1.54) is 0 Å². The van der Waals surface area contributed by atoms with Crippen LogP contribution in [0.2, 0.25) is 0 Å². The Hall–Kier alpha value is -1.40. The van der Waals surface area contributed by atoms with Crippen molar-refractivity contribution < 1.29 is 9.53 Å². The summed E-state index contributed by atoms with van der Waals surface area (Å²) in [7, 11) is 3.64. The Morgan fingerprint density at radius 3 is 2.48 bits per heavy atom. The van der Waals surface area contributed by atoms with Gasteiger partial charge in [-0.1, -0.05) is 0 Å². The molecule has 1 N–H and O–H groups in total. The average Bonchev–Trinajstić information content (AvgIpc) is 2.73. The molecule has 1 saturated heterocycles. The van der Waals surface area contributed by atoms with Gasteiger partial charge >= 0.3 is 0 Å². The predicted octanol–water partition coefficient (Wildman–Crippen LogP) is 1.47. The SMILES string of the molecule is COC1CCN(C(C)C(=O)Nc2c(C)nn(C)c2C)CC1. The first-order valence-corrected chi connectivity index (χ1v) is 7.52. The molecule has 1 aliphatic rings. The van der Waals surface area contributed by atoms with Crippen LogP contribution in [0.1, 0.15) is 31.2 Å². The Kier molecular flexibility index (Phi) is 5.00. The molecule has 21 heavy (non-hydrogen) atoms. The number of methoxy groups -OCH3 is 1. The van der Waals surface area contributed by atoms with Crippen LogP contribution in [0.25, 0.3) is 0 Å². The van der Waals surface area contributed by atoms with Gasteiger partial charge in [-0.3, -0.25) is 14.4 Å². The number of carbonyl (C=O) groups is 1. The fourth-order valence-corrected chi connectivity index (χ4v) is 2.85. The van der Waals surface area contributed by atoms with Crippen LogP contribution in [-0.4, -0.2) is 52.9 Å². The lowest BCUT2D eigenvalue weighted by atomic mass is 10.1. The molecular formula is C15H26N4O2. The van der Waals surface area contributed by atoms with E-state index in [4.69, 9.17) is 4.74 Å². The van der Waals surface area contributed by atoms with Crippen LogP contribution >= 0.6 is 0 Å². The molecule has 1 aliphatic heterocycles. The lowest BCUT2D eigenvalue weighted by molar-refractivity contribution is -0.121. The van der Waals surface area contributed by atoms with E-state index in [9.17, 15) is 4.79 Å². The molecular weight excluding hydrogens is 268 g/mol. The van der Waals surface area contributed by atoms with E-state index in [1.54, 1.807) is 11.8 Å². The second-order valence-corrected chi connectivity index (χ2v) is 5.81. The number of hydrogen-bond acceptors (Lipinski definition) is 4. The van der Waals surface area contributed by atoms with Gasteiger partial charge in [0, 0.05) is 27.2 Å². The molecule has 6 nitrogen and oxygen atoms in total. The summed E-state index contributed by atoms with van der Waals surface area (Å²) in [6, 6.07) is -0.137. The van der Waals surface area contributed by atoms with Gasteiger partial charge in [-0.05, 0) is 33.6 Å². The fraction of sp³-hybridized carbons (Fsp3) is 0.733. The number of piperidine rings is 1. The molecule has 1 unspecified atom stereocenters. The van der Waals surface area contributed by atoms with Gasteiger partial charge < -0.3 is 10.1 Å². The minimum Gasteiger partial charge on any atom is -0.381 e. The van der Waals surface area contributed by atoms with Crippen LogP contribution < -0.4 is 5.32 Å². The van der Waals surface area contributed by atoms with Crippen molar-refractivity contribution >= 4 is 11.6 Å². The molecule has 0 aromatic carbocycles. The fourth-order valence-electron chi connectivity index (χ4n) is 2.85. The predicted molar refractivity (Wildman–Crippen MR) is 82.4 cm³/mol. The van der Waals surface area contributed by atoms with E-state index in [1.807, 2.05) is 27.8 Å². The Labute approximate surface area is 126 Å². The molecule has 2 rings (SSSR count). The lowest BCUT2D eigenvalue weighted by Crippen LogP contribution is -2.47. The first kappa shape index (κ1) is 16.0. The number of amides is 1. The first-order valence-electron chi connectivity index (χ1n) is 7.52. The third-order valence-corrected chi connectivity index (χ3v) is 4.49.